The average molecular weight is 423 g/mol. The van der Waals surface area contributed by atoms with Crippen LogP contribution in [0.4, 0.5) is 4.39 Å². The Kier molecular flexibility index (Phi) is 6.30. The topological polar surface area (TPSA) is 121 Å². The third kappa shape index (κ3) is 4.53. The first kappa shape index (κ1) is 21.9. The van der Waals surface area contributed by atoms with Crippen LogP contribution in [0.3, 0.4) is 0 Å². The fourth-order valence-electron chi connectivity index (χ4n) is 3.44. The first-order valence-electron chi connectivity index (χ1n) is 9.82. The van der Waals surface area contributed by atoms with Gasteiger partial charge >= 0.3 is 5.69 Å². The molecule has 0 unspecified atom stereocenters. The highest BCUT2D eigenvalue weighted by Crippen LogP contribution is 2.20. The second-order valence-electron chi connectivity index (χ2n) is 7.73. The molecule has 0 radical (unpaired) electrons. The molecule has 2 aromatic heterocycles. The lowest BCUT2D eigenvalue weighted by Crippen LogP contribution is -2.45. The van der Waals surface area contributed by atoms with Gasteiger partial charge in [-0.05, 0) is 37.5 Å². The molecule has 8 nitrogen and oxygen atoms in total. The Hall–Kier alpha value is -3.80. The van der Waals surface area contributed by atoms with Gasteiger partial charge in [0.25, 0.3) is 5.56 Å². The SMILES string of the molecule is CC(C)C[C@H](C(=O)N[C@@H](C)c1ncc(C#N)cc1F)n1c(=O)[nH]c2ccccc2c1=O. The highest BCUT2D eigenvalue weighted by atomic mass is 19.1. The lowest BCUT2D eigenvalue weighted by atomic mass is 10.0. The van der Waals surface area contributed by atoms with Crippen molar-refractivity contribution in [2.24, 2.45) is 5.92 Å². The van der Waals surface area contributed by atoms with E-state index in [1.807, 2.05) is 13.8 Å². The summed E-state index contributed by atoms with van der Waals surface area (Å²) in [7, 11) is 0. The second-order valence-corrected chi connectivity index (χ2v) is 7.73. The number of rotatable bonds is 6. The van der Waals surface area contributed by atoms with Gasteiger partial charge in [0.1, 0.15) is 17.9 Å². The van der Waals surface area contributed by atoms with Crippen molar-refractivity contribution in [3.8, 4) is 6.07 Å². The molecular weight excluding hydrogens is 401 g/mol. The number of aromatic nitrogens is 3. The zero-order chi connectivity index (χ0) is 22.7. The summed E-state index contributed by atoms with van der Waals surface area (Å²) in [5.74, 6) is -1.34. The molecule has 2 N–H and O–H groups in total. The number of nitriles is 1. The molecule has 2 atom stereocenters. The molecule has 0 saturated heterocycles. The van der Waals surface area contributed by atoms with Gasteiger partial charge in [-0.3, -0.25) is 14.6 Å². The Labute approximate surface area is 177 Å². The fourth-order valence-corrected chi connectivity index (χ4v) is 3.44. The number of carbonyl (C=O) groups excluding carboxylic acids is 1. The third-order valence-corrected chi connectivity index (χ3v) is 4.91. The monoisotopic (exact) mass is 423 g/mol. The van der Waals surface area contributed by atoms with Crippen LogP contribution in [-0.2, 0) is 4.79 Å². The predicted octanol–water partition coefficient (Wildman–Crippen LogP) is 2.56. The van der Waals surface area contributed by atoms with Crippen molar-refractivity contribution in [3.05, 3.63) is 74.4 Å². The molecule has 0 aliphatic carbocycles. The van der Waals surface area contributed by atoms with E-state index in [9.17, 15) is 18.8 Å². The van der Waals surface area contributed by atoms with Crippen molar-refractivity contribution in [1.29, 1.82) is 5.26 Å². The summed E-state index contributed by atoms with van der Waals surface area (Å²) in [4.78, 5) is 45.4. The van der Waals surface area contributed by atoms with Crippen LogP contribution in [-0.4, -0.2) is 20.4 Å². The highest BCUT2D eigenvalue weighted by molar-refractivity contribution is 5.82. The van der Waals surface area contributed by atoms with Gasteiger partial charge in [0.15, 0.2) is 0 Å². The minimum Gasteiger partial charge on any atom is -0.346 e. The Morgan fingerprint density at radius 3 is 2.65 bits per heavy atom. The summed E-state index contributed by atoms with van der Waals surface area (Å²) in [5, 5.41) is 11.8. The zero-order valence-corrected chi connectivity index (χ0v) is 17.3. The lowest BCUT2D eigenvalue weighted by Gasteiger charge is -2.23. The maximum atomic E-state index is 14.3. The summed E-state index contributed by atoms with van der Waals surface area (Å²) in [5.41, 5.74) is -0.868. The van der Waals surface area contributed by atoms with Gasteiger partial charge in [0, 0.05) is 6.20 Å². The Morgan fingerprint density at radius 2 is 2.00 bits per heavy atom. The Morgan fingerprint density at radius 1 is 1.29 bits per heavy atom. The van der Waals surface area contributed by atoms with Crippen molar-refractivity contribution in [3.63, 3.8) is 0 Å². The first-order chi connectivity index (χ1) is 14.7. The van der Waals surface area contributed by atoms with Crippen LogP contribution >= 0.6 is 0 Å². The van der Waals surface area contributed by atoms with Crippen LogP contribution in [0.15, 0.2) is 46.1 Å². The van der Waals surface area contributed by atoms with Gasteiger partial charge in [-0.25, -0.2) is 13.8 Å². The third-order valence-electron chi connectivity index (χ3n) is 4.91. The molecule has 3 aromatic rings. The summed E-state index contributed by atoms with van der Waals surface area (Å²) < 4.78 is 15.2. The predicted molar refractivity (Wildman–Crippen MR) is 113 cm³/mol. The number of hydrogen-bond acceptors (Lipinski definition) is 5. The number of halogens is 1. The van der Waals surface area contributed by atoms with Crippen LogP contribution in [0.1, 0.15) is 50.5 Å². The minimum absolute atomic E-state index is 0.00593. The molecule has 0 aliphatic heterocycles. The van der Waals surface area contributed by atoms with Gasteiger partial charge < -0.3 is 10.3 Å². The van der Waals surface area contributed by atoms with Gasteiger partial charge in [-0.1, -0.05) is 26.0 Å². The molecular formula is C22H22FN5O3. The molecule has 1 aromatic carbocycles. The van der Waals surface area contributed by atoms with E-state index < -0.39 is 35.1 Å². The average Bonchev–Trinajstić information content (AvgIpc) is 2.72. The van der Waals surface area contributed by atoms with Crippen molar-refractivity contribution in [2.75, 3.05) is 0 Å². The normalized spacial score (nSPS) is 13.0. The Bertz CT molecular complexity index is 1290. The molecule has 2 heterocycles. The van der Waals surface area contributed by atoms with E-state index in [0.29, 0.717) is 5.52 Å². The number of nitrogens with zero attached hydrogens (tertiary/aromatic N) is 3. The van der Waals surface area contributed by atoms with E-state index >= 15 is 0 Å². The van der Waals surface area contributed by atoms with E-state index in [2.05, 4.69) is 15.3 Å². The summed E-state index contributed by atoms with van der Waals surface area (Å²) >= 11 is 0. The van der Waals surface area contributed by atoms with E-state index in [0.717, 1.165) is 10.6 Å². The molecule has 0 saturated carbocycles. The van der Waals surface area contributed by atoms with Crippen LogP contribution in [0, 0.1) is 23.1 Å². The molecule has 160 valence electrons. The molecule has 0 bridgehead atoms. The van der Waals surface area contributed by atoms with Crippen LogP contribution in [0.5, 0.6) is 0 Å². The molecule has 31 heavy (non-hydrogen) atoms. The van der Waals surface area contributed by atoms with Gasteiger partial charge in [-0.2, -0.15) is 5.26 Å². The second kappa shape index (κ2) is 8.92. The number of aromatic amines is 1. The number of para-hydroxylation sites is 1. The molecule has 0 fully saturated rings. The van der Waals surface area contributed by atoms with Crippen molar-refractivity contribution in [1.82, 2.24) is 19.9 Å². The number of H-pyrrole nitrogens is 1. The van der Waals surface area contributed by atoms with Crippen molar-refractivity contribution >= 4 is 16.8 Å². The van der Waals surface area contributed by atoms with Gasteiger partial charge in [0.2, 0.25) is 5.91 Å². The van der Waals surface area contributed by atoms with Crippen molar-refractivity contribution < 1.29 is 9.18 Å². The van der Waals surface area contributed by atoms with E-state index in [4.69, 9.17) is 5.26 Å². The molecule has 9 heteroatoms. The minimum atomic E-state index is -1.09. The number of carbonyl (C=O) groups is 1. The number of nitrogens with one attached hydrogen (secondary N) is 2. The van der Waals surface area contributed by atoms with E-state index in [1.165, 1.54) is 13.1 Å². The highest BCUT2D eigenvalue weighted by Gasteiger charge is 2.28. The molecule has 0 aliphatic rings. The Balaban J connectivity index is 1.99. The number of benzene rings is 1. The van der Waals surface area contributed by atoms with Crippen LogP contribution < -0.4 is 16.6 Å². The van der Waals surface area contributed by atoms with Crippen LogP contribution in [0.25, 0.3) is 10.9 Å². The fraction of sp³-hybridized carbons (Fsp3) is 0.318. The van der Waals surface area contributed by atoms with E-state index in [-0.39, 0.29) is 29.0 Å². The standard InChI is InChI=1S/C22H22FN5O3/c1-12(2)8-18(28-21(30)15-6-4-5-7-17(15)27-22(28)31)20(29)26-13(3)19-16(23)9-14(10-24)11-25-19/h4-7,9,11-13,18H,8H2,1-3H3,(H,26,29)(H,27,31)/t13-,18+/m0/s1. The number of amides is 1. The first-order valence-corrected chi connectivity index (χ1v) is 9.82. The largest absolute Gasteiger partial charge is 0.346 e. The van der Waals surface area contributed by atoms with E-state index in [1.54, 1.807) is 30.3 Å². The van der Waals surface area contributed by atoms with Gasteiger partial charge in [-0.15, -0.1) is 0 Å². The van der Waals surface area contributed by atoms with Gasteiger partial charge in [0.05, 0.1) is 28.2 Å². The smallest absolute Gasteiger partial charge is 0.329 e. The zero-order valence-electron chi connectivity index (χ0n) is 17.3. The lowest BCUT2D eigenvalue weighted by molar-refractivity contribution is -0.125. The number of fused-ring (bicyclic) bond motifs is 1. The summed E-state index contributed by atoms with van der Waals surface area (Å²) in [6, 6.07) is 7.46. The quantitative estimate of drug-likeness (QED) is 0.631. The summed E-state index contributed by atoms with van der Waals surface area (Å²) in [6.45, 7) is 5.27. The molecule has 3 rings (SSSR count). The molecule has 0 spiro atoms. The van der Waals surface area contributed by atoms with Crippen molar-refractivity contribution in [2.45, 2.75) is 39.3 Å². The maximum Gasteiger partial charge on any atom is 0.329 e. The maximum absolute atomic E-state index is 14.3. The number of pyridine rings is 1. The summed E-state index contributed by atoms with van der Waals surface area (Å²) in [6.07, 6.45) is 1.44. The van der Waals surface area contributed by atoms with Crippen LogP contribution in [0.2, 0.25) is 0 Å². The molecule has 1 amide bonds. The number of hydrogen-bond donors (Lipinski definition) is 2.